The molecular weight excluding hydrogens is 404 g/mol. The smallest absolute Gasteiger partial charge is 0.0137 e. The molecule has 0 spiro atoms. The summed E-state index contributed by atoms with van der Waals surface area (Å²) in [6.45, 7) is 21.5. The van der Waals surface area contributed by atoms with Crippen LogP contribution < -0.4 is 16.4 Å². The maximum Gasteiger partial charge on any atom is 0.0137 e. The molecule has 4 nitrogen and oxygen atoms in total. The highest BCUT2D eigenvalue weighted by Crippen LogP contribution is 2.06. The fraction of sp³-hybridized carbons (Fsp3) is 0.724. The van der Waals surface area contributed by atoms with Gasteiger partial charge in [0.25, 0.3) is 0 Å². The van der Waals surface area contributed by atoms with Gasteiger partial charge in [0.1, 0.15) is 0 Å². The van der Waals surface area contributed by atoms with Gasteiger partial charge in [-0.15, -0.1) is 0 Å². The van der Waals surface area contributed by atoms with Crippen molar-refractivity contribution in [1.29, 1.82) is 0 Å². The van der Waals surface area contributed by atoms with Crippen molar-refractivity contribution in [2.24, 2.45) is 5.73 Å². The van der Waals surface area contributed by atoms with Gasteiger partial charge >= 0.3 is 0 Å². The molecule has 0 aliphatic carbocycles. The highest BCUT2D eigenvalue weighted by atomic mass is 15.1. The van der Waals surface area contributed by atoms with Crippen LogP contribution in [0, 0.1) is 0 Å². The maximum absolute atomic E-state index is 5.75. The molecule has 0 fully saturated rings. The first-order valence-electron chi connectivity index (χ1n) is 13.3. The Morgan fingerprint density at radius 1 is 0.636 bits per heavy atom. The predicted molar refractivity (Wildman–Crippen MR) is 150 cm³/mol. The van der Waals surface area contributed by atoms with Crippen molar-refractivity contribution in [3.8, 4) is 0 Å². The molecule has 4 heteroatoms. The maximum atomic E-state index is 5.75. The van der Waals surface area contributed by atoms with Crippen LogP contribution in [0.25, 0.3) is 0 Å². The molecule has 0 aromatic rings. The molecule has 0 rings (SSSR count). The lowest BCUT2D eigenvalue weighted by Gasteiger charge is -2.22. The minimum atomic E-state index is 0.778. The second kappa shape index (κ2) is 22.6. The fourth-order valence-corrected chi connectivity index (χ4v) is 3.58. The first kappa shape index (κ1) is 31.8. The minimum absolute atomic E-state index is 0.778. The lowest BCUT2D eigenvalue weighted by molar-refractivity contribution is 0.264. The Bertz CT molecular complexity index is 530. The van der Waals surface area contributed by atoms with Crippen LogP contribution in [-0.2, 0) is 0 Å². The third-order valence-electron chi connectivity index (χ3n) is 5.71. The van der Waals surface area contributed by atoms with E-state index in [2.05, 4.69) is 81.4 Å². The van der Waals surface area contributed by atoms with E-state index >= 15 is 0 Å². The number of hydrogen-bond donors (Lipinski definition) is 3. The van der Waals surface area contributed by atoms with Gasteiger partial charge in [0.2, 0.25) is 0 Å². The summed E-state index contributed by atoms with van der Waals surface area (Å²) in [5.74, 6) is 0. The van der Waals surface area contributed by atoms with Gasteiger partial charge in [-0.05, 0) is 126 Å². The molecule has 0 heterocycles. The number of rotatable bonds is 21. The van der Waals surface area contributed by atoms with Gasteiger partial charge in [0.05, 0.1) is 0 Å². The summed E-state index contributed by atoms with van der Waals surface area (Å²) < 4.78 is 0. The van der Waals surface area contributed by atoms with Gasteiger partial charge in [0.15, 0.2) is 0 Å². The van der Waals surface area contributed by atoms with Crippen molar-refractivity contribution < 1.29 is 0 Å². The van der Waals surface area contributed by atoms with Crippen molar-refractivity contribution >= 4 is 0 Å². The third-order valence-corrected chi connectivity index (χ3v) is 5.71. The fourth-order valence-electron chi connectivity index (χ4n) is 3.58. The lowest BCUT2D eigenvalue weighted by atomic mass is 10.1. The topological polar surface area (TPSA) is 53.3 Å². The molecule has 0 unspecified atom stereocenters. The Hall–Kier alpha value is -1.20. The molecule has 33 heavy (non-hydrogen) atoms. The number of nitrogens with two attached hydrogens (primary N) is 1. The summed E-state index contributed by atoms with van der Waals surface area (Å²) in [6, 6.07) is 0. The second-order valence-electron chi connectivity index (χ2n) is 9.84. The first-order valence-corrected chi connectivity index (χ1v) is 13.3. The summed E-state index contributed by atoms with van der Waals surface area (Å²) in [5.41, 5.74) is 11.5. The van der Waals surface area contributed by atoms with Crippen LogP contribution in [0.1, 0.15) is 86.5 Å². The Balaban J connectivity index is 3.96. The van der Waals surface area contributed by atoms with Crippen LogP contribution in [0.5, 0.6) is 0 Å². The van der Waals surface area contributed by atoms with Crippen LogP contribution in [0.4, 0.5) is 0 Å². The summed E-state index contributed by atoms with van der Waals surface area (Å²) in [5, 5.41) is 7.15. The van der Waals surface area contributed by atoms with Crippen LogP contribution in [0.3, 0.4) is 0 Å². The van der Waals surface area contributed by atoms with Crippen molar-refractivity contribution in [2.75, 3.05) is 52.4 Å². The first-order chi connectivity index (χ1) is 15.8. The molecule has 192 valence electrons. The van der Waals surface area contributed by atoms with Crippen LogP contribution >= 0.6 is 0 Å². The number of hydrogen-bond acceptors (Lipinski definition) is 4. The van der Waals surface area contributed by atoms with Crippen LogP contribution in [0.15, 0.2) is 46.6 Å². The largest absolute Gasteiger partial charge is 0.330 e. The zero-order chi connectivity index (χ0) is 24.7. The molecule has 0 saturated carbocycles. The highest BCUT2D eigenvalue weighted by molar-refractivity contribution is 5.03. The van der Waals surface area contributed by atoms with Gasteiger partial charge in [-0.3, -0.25) is 0 Å². The summed E-state index contributed by atoms with van der Waals surface area (Å²) in [4.78, 5) is 2.58. The van der Waals surface area contributed by atoms with Crippen LogP contribution in [-0.4, -0.2) is 57.3 Å². The molecule has 0 saturated heterocycles. The van der Waals surface area contributed by atoms with Gasteiger partial charge in [-0.1, -0.05) is 46.6 Å². The van der Waals surface area contributed by atoms with Gasteiger partial charge in [-0.25, -0.2) is 0 Å². The molecule has 0 amide bonds. The van der Waals surface area contributed by atoms with E-state index in [1.807, 2.05) is 0 Å². The number of allylic oxidation sites excluding steroid dienone is 6. The van der Waals surface area contributed by atoms with E-state index in [1.165, 1.54) is 48.0 Å². The van der Waals surface area contributed by atoms with Crippen LogP contribution in [0.2, 0.25) is 0 Å². The predicted octanol–water partition coefficient (Wildman–Crippen LogP) is 5.98. The Kier molecular flexibility index (Phi) is 21.8. The zero-order valence-corrected chi connectivity index (χ0v) is 22.9. The molecule has 0 bridgehead atoms. The summed E-state index contributed by atoms with van der Waals surface area (Å²) in [7, 11) is 0. The molecule has 0 aromatic heterocycles. The van der Waals surface area contributed by atoms with Gasteiger partial charge in [0, 0.05) is 13.1 Å². The van der Waals surface area contributed by atoms with E-state index < -0.39 is 0 Å². The van der Waals surface area contributed by atoms with Gasteiger partial charge < -0.3 is 21.3 Å². The average molecular weight is 461 g/mol. The van der Waals surface area contributed by atoms with Crippen molar-refractivity contribution in [3.05, 3.63) is 46.6 Å². The SMILES string of the molecule is CC(C)=CCC/C(C)=C/CNCCCN(CCCN)CCCNC/C=C(\C)CCC=C(C)C. The van der Waals surface area contributed by atoms with E-state index in [-0.39, 0.29) is 0 Å². The molecular formula is C29H56N4. The zero-order valence-electron chi connectivity index (χ0n) is 22.9. The van der Waals surface area contributed by atoms with E-state index in [9.17, 15) is 0 Å². The summed E-state index contributed by atoms with van der Waals surface area (Å²) in [6.07, 6.45) is 17.4. The average Bonchev–Trinajstić information content (AvgIpc) is 2.75. The molecule has 4 N–H and O–H groups in total. The Labute approximate surface area is 206 Å². The monoisotopic (exact) mass is 460 g/mol. The number of nitrogens with one attached hydrogen (secondary N) is 2. The number of nitrogens with zero attached hydrogens (tertiary/aromatic N) is 1. The normalized spacial score (nSPS) is 12.4. The molecule has 0 aliphatic rings. The molecule has 0 aromatic carbocycles. The van der Waals surface area contributed by atoms with Crippen molar-refractivity contribution in [3.63, 3.8) is 0 Å². The van der Waals surface area contributed by atoms with Crippen molar-refractivity contribution in [2.45, 2.75) is 86.5 Å². The quantitative estimate of drug-likeness (QED) is 0.146. The molecule has 0 atom stereocenters. The Morgan fingerprint density at radius 2 is 1.06 bits per heavy atom. The van der Waals surface area contributed by atoms with E-state index in [0.29, 0.717) is 0 Å². The minimum Gasteiger partial charge on any atom is -0.330 e. The molecule has 0 radical (unpaired) electrons. The molecule has 0 aliphatic heterocycles. The van der Waals surface area contributed by atoms with E-state index in [4.69, 9.17) is 5.73 Å². The van der Waals surface area contributed by atoms with E-state index in [0.717, 1.165) is 71.6 Å². The summed E-state index contributed by atoms with van der Waals surface area (Å²) >= 11 is 0. The van der Waals surface area contributed by atoms with Gasteiger partial charge in [-0.2, -0.15) is 0 Å². The second-order valence-corrected chi connectivity index (χ2v) is 9.84. The third kappa shape index (κ3) is 23.7. The highest BCUT2D eigenvalue weighted by Gasteiger charge is 2.04. The lowest BCUT2D eigenvalue weighted by Crippen LogP contribution is -2.32. The standard InChI is InChI=1S/C29H56N4/c1-26(2)12-7-14-28(5)16-21-31-19-10-24-33(23-9-18-30)25-11-20-32-22-17-29(6)15-8-13-27(3)4/h12-13,16-17,31-32H,7-11,14-15,18-25,30H2,1-6H3/b28-16+,29-17+. The Morgan fingerprint density at radius 3 is 1.45 bits per heavy atom. The van der Waals surface area contributed by atoms with Crippen molar-refractivity contribution in [1.82, 2.24) is 15.5 Å². The van der Waals surface area contributed by atoms with E-state index in [1.54, 1.807) is 0 Å².